The van der Waals surface area contributed by atoms with Crippen molar-refractivity contribution in [3.8, 4) is 11.8 Å². The van der Waals surface area contributed by atoms with Crippen molar-refractivity contribution in [3.63, 3.8) is 0 Å². The molecule has 0 bridgehead atoms. The summed E-state index contributed by atoms with van der Waals surface area (Å²) in [5.74, 6) is 0.793. The van der Waals surface area contributed by atoms with Crippen molar-refractivity contribution in [1.82, 2.24) is 0 Å². The fourth-order valence-electron chi connectivity index (χ4n) is 2.59. The Hall–Kier alpha value is -1.53. The molecule has 0 spiro atoms. The standard InChI is InChI=1S/C15H20N2O/c1-3-11-5-6-13(18-2)12(9-11)14(17)15(10-16)7-4-8-15/h5-6,9,14H,3-4,7-8,17H2,1-2H3. The van der Waals surface area contributed by atoms with E-state index in [1.807, 2.05) is 6.07 Å². The first-order valence-corrected chi connectivity index (χ1v) is 6.50. The van der Waals surface area contributed by atoms with Crippen LogP contribution < -0.4 is 10.5 Å². The summed E-state index contributed by atoms with van der Waals surface area (Å²) in [4.78, 5) is 0. The van der Waals surface area contributed by atoms with Crippen LogP contribution in [0, 0.1) is 16.7 Å². The summed E-state index contributed by atoms with van der Waals surface area (Å²) in [6.07, 6.45) is 3.84. The van der Waals surface area contributed by atoms with Gasteiger partial charge in [0.1, 0.15) is 5.75 Å². The molecule has 1 aromatic carbocycles. The lowest BCUT2D eigenvalue weighted by atomic mass is 9.63. The summed E-state index contributed by atoms with van der Waals surface area (Å²) >= 11 is 0. The van der Waals surface area contributed by atoms with E-state index in [1.54, 1.807) is 7.11 Å². The number of ether oxygens (including phenoxy) is 1. The minimum atomic E-state index is -0.389. The molecule has 2 rings (SSSR count). The van der Waals surface area contributed by atoms with Crippen LogP contribution in [-0.2, 0) is 6.42 Å². The summed E-state index contributed by atoms with van der Waals surface area (Å²) < 4.78 is 5.38. The maximum Gasteiger partial charge on any atom is 0.123 e. The van der Waals surface area contributed by atoms with Crippen LogP contribution in [-0.4, -0.2) is 7.11 Å². The smallest absolute Gasteiger partial charge is 0.123 e. The number of hydrogen-bond acceptors (Lipinski definition) is 3. The maximum absolute atomic E-state index is 9.39. The third-order valence-corrected chi connectivity index (χ3v) is 4.10. The third-order valence-electron chi connectivity index (χ3n) is 4.10. The topological polar surface area (TPSA) is 59.0 Å². The quantitative estimate of drug-likeness (QED) is 0.885. The largest absolute Gasteiger partial charge is 0.496 e. The Balaban J connectivity index is 2.39. The fraction of sp³-hybridized carbons (Fsp3) is 0.533. The molecule has 0 amide bonds. The third kappa shape index (κ3) is 1.97. The zero-order chi connectivity index (χ0) is 13.2. The molecule has 1 atom stereocenters. The maximum atomic E-state index is 9.39. The number of hydrogen-bond donors (Lipinski definition) is 1. The normalized spacial score (nSPS) is 18.6. The number of benzene rings is 1. The van der Waals surface area contributed by atoms with E-state index in [0.717, 1.165) is 37.0 Å². The molecule has 1 unspecified atom stereocenters. The fourth-order valence-corrected chi connectivity index (χ4v) is 2.59. The highest BCUT2D eigenvalue weighted by Crippen LogP contribution is 2.50. The SMILES string of the molecule is CCc1ccc(OC)c(C(N)C2(C#N)CCC2)c1. The summed E-state index contributed by atoms with van der Waals surface area (Å²) in [6, 6.07) is 8.26. The summed E-state index contributed by atoms with van der Waals surface area (Å²) in [5.41, 5.74) is 8.15. The Morgan fingerprint density at radius 2 is 2.22 bits per heavy atom. The van der Waals surface area contributed by atoms with Crippen LogP contribution in [0.4, 0.5) is 0 Å². The molecule has 1 fully saturated rings. The molecule has 3 heteroatoms. The van der Waals surface area contributed by atoms with E-state index < -0.39 is 0 Å². The van der Waals surface area contributed by atoms with Crippen molar-refractivity contribution in [2.45, 2.75) is 38.6 Å². The average Bonchev–Trinajstić information content (AvgIpc) is 2.37. The molecule has 1 aliphatic rings. The van der Waals surface area contributed by atoms with Gasteiger partial charge in [0.25, 0.3) is 0 Å². The molecule has 18 heavy (non-hydrogen) atoms. The number of nitriles is 1. The number of methoxy groups -OCH3 is 1. The molecular formula is C15H20N2O. The second kappa shape index (κ2) is 4.99. The Morgan fingerprint density at radius 1 is 1.50 bits per heavy atom. The average molecular weight is 244 g/mol. The van der Waals surface area contributed by atoms with Crippen molar-refractivity contribution >= 4 is 0 Å². The Labute approximate surface area is 109 Å². The molecule has 0 heterocycles. The van der Waals surface area contributed by atoms with E-state index in [9.17, 15) is 5.26 Å². The monoisotopic (exact) mass is 244 g/mol. The number of rotatable bonds is 4. The zero-order valence-corrected chi connectivity index (χ0v) is 11.1. The van der Waals surface area contributed by atoms with E-state index in [2.05, 4.69) is 25.1 Å². The van der Waals surface area contributed by atoms with Gasteiger partial charge in [-0.3, -0.25) is 0 Å². The molecule has 2 N–H and O–H groups in total. The first kappa shape index (κ1) is 12.9. The van der Waals surface area contributed by atoms with Crippen molar-refractivity contribution in [2.24, 2.45) is 11.1 Å². The Kier molecular flexibility index (Phi) is 3.58. The van der Waals surface area contributed by atoms with Gasteiger partial charge in [0.2, 0.25) is 0 Å². The first-order valence-electron chi connectivity index (χ1n) is 6.50. The van der Waals surface area contributed by atoms with Crippen LogP contribution in [0.15, 0.2) is 18.2 Å². The van der Waals surface area contributed by atoms with Crippen molar-refractivity contribution in [1.29, 1.82) is 5.26 Å². The molecule has 0 aliphatic heterocycles. The van der Waals surface area contributed by atoms with E-state index in [-0.39, 0.29) is 11.5 Å². The van der Waals surface area contributed by atoms with Crippen LogP contribution in [0.2, 0.25) is 0 Å². The van der Waals surface area contributed by atoms with Crippen LogP contribution >= 0.6 is 0 Å². The number of nitrogens with two attached hydrogens (primary N) is 1. The van der Waals surface area contributed by atoms with Crippen LogP contribution in [0.3, 0.4) is 0 Å². The van der Waals surface area contributed by atoms with E-state index >= 15 is 0 Å². The van der Waals surface area contributed by atoms with Crippen molar-refractivity contribution in [2.75, 3.05) is 7.11 Å². The van der Waals surface area contributed by atoms with Crippen LogP contribution in [0.1, 0.15) is 43.4 Å². The van der Waals surface area contributed by atoms with Gasteiger partial charge in [-0.25, -0.2) is 0 Å². The molecule has 1 saturated carbocycles. The minimum absolute atomic E-state index is 0.252. The predicted octanol–water partition coefficient (Wildman–Crippen LogP) is 2.95. The van der Waals surface area contributed by atoms with Gasteiger partial charge >= 0.3 is 0 Å². The van der Waals surface area contributed by atoms with E-state index in [4.69, 9.17) is 10.5 Å². The van der Waals surface area contributed by atoms with Crippen LogP contribution in [0.25, 0.3) is 0 Å². The Morgan fingerprint density at radius 3 is 2.67 bits per heavy atom. The molecule has 3 nitrogen and oxygen atoms in total. The second-order valence-corrected chi connectivity index (χ2v) is 5.03. The van der Waals surface area contributed by atoms with E-state index in [0.29, 0.717) is 0 Å². The Bertz CT molecular complexity index is 472. The molecule has 1 aromatic rings. The van der Waals surface area contributed by atoms with Gasteiger partial charge in [-0.1, -0.05) is 25.5 Å². The zero-order valence-electron chi connectivity index (χ0n) is 11.1. The highest BCUT2D eigenvalue weighted by Gasteiger charge is 2.44. The summed E-state index contributed by atoms with van der Waals surface area (Å²) in [5, 5.41) is 9.39. The predicted molar refractivity (Wildman–Crippen MR) is 71.2 cm³/mol. The molecule has 0 radical (unpaired) electrons. The molecule has 0 saturated heterocycles. The van der Waals surface area contributed by atoms with E-state index in [1.165, 1.54) is 5.56 Å². The lowest BCUT2D eigenvalue weighted by molar-refractivity contribution is 0.166. The highest BCUT2D eigenvalue weighted by atomic mass is 16.5. The van der Waals surface area contributed by atoms with Gasteiger partial charge in [-0.15, -0.1) is 0 Å². The number of nitrogens with zero attached hydrogens (tertiary/aromatic N) is 1. The lowest BCUT2D eigenvalue weighted by Gasteiger charge is -2.40. The van der Waals surface area contributed by atoms with Gasteiger partial charge in [-0.2, -0.15) is 5.26 Å². The number of aryl methyl sites for hydroxylation is 1. The molecule has 1 aliphatic carbocycles. The van der Waals surface area contributed by atoms with Crippen molar-refractivity contribution < 1.29 is 4.74 Å². The lowest BCUT2D eigenvalue weighted by Crippen LogP contribution is -2.39. The van der Waals surface area contributed by atoms with Crippen molar-refractivity contribution in [3.05, 3.63) is 29.3 Å². The summed E-state index contributed by atoms with van der Waals surface area (Å²) in [6.45, 7) is 2.11. The van der Waals surface area contributed by atoms with Gasteiger partial charge in [0.15, 0.2) is 0 Å². The van der Waals surface area contributed by atoms with Gasteiger partial charge in [-0.05, 0) is 30.9 Å². The van der Waals surface area contributed by atoms with Gasteiger partial charge in [0, 0.05) is 5.56 Å². The second-order valence-electron chi connectivity index (χ2n) is 5.03. The highest BCUT2D eigenvalue weighted by molar-refractivity contribution is 5.41. The molecular weight excluding hydrogens is 224 g/mol. The van der Waals surface area contributed by atoms with Gasteiger partial charge in [0.05, 0.1) is 24.6 Å². The first-order chi connectivity index (χ1) is 8.66. The summed E-state index contributed by atoms with van der Waals surface area (Å²) in [7, 11) is 1.65. The van der Waals surface area contributed by atoms with Crippen LogP contribution in [0.5, 0.6) is 5.75 Å². The molecule has 96 valence electrons. The minimum Gasteiger partial charge on any atom is -0.496 e. The van der Waals surface area contributed by atoms with Gasteiger partial charge < -0.3 is 10.5 Å². The molecule has 0 aromatic heterocycles.